The Morgan fingerprint density at radius 3 is 2.42 bits per heavy atom. The highest BCUT2D eigenvalue weighted by Gasteiger charge is 2.05. The van der Waals surface area contributed by atoms with Crippen molar-refractivity contribution in [2.45, 2.75) is 6.61 Å². The molecule has 0 amide bonds. The van der Waals surface area contributed by atoms with Gasteiger partial charge in [0.1, 0.15) is 30.1 Å². The second-order valence-corrected chi connectivity index (χ2v) is 4.68. The predicted octanol–water partition coefficient (Wildman–Crippen LogP) is 2.12. The molecule has 7 nitrogen and oxygen atoms in total. The molecule has 0 atom stereocenters. The molecule has 0 aliphatic rings. The van der Waals surface area contributed by atoms with Gasteiger partial charge in [0.05, 0.1) is 14.2 Å². The number of hydrogen-bond donors (Lipinski definition) is 1. The van der Waals surface area contributed by atoms with E-state index >= 15 is 0 Å². The van der Waals surface area contributed by atoms with Crippen LogP contribution in [0.4, 0.5) is 0 Å². The average molecular weight is 332 g/mol. The van der Waals surface area contributed by atoms with Crippen molar-refractivity contribution in [1.29, 1.82) is 0 Å². The van der Waals surface area contributed by atoms with Crippen LogP contribution in [0.25, 0.3) is 6.08 Å². The number of esters is 1. The van der Waals surface area contributed by atoms with E-state index in [9.17, 15) is 9.59 Å². The van der Waals surface area contributed by atoms with Crippen molar-refractivity contribution in [3.8, 4) is 17.2 Å². The van der Waals surface area contributed by atoms with Gasteiger partial charge in [-0.2, -0.15) is 0 Å². The van der Waals surface area contributed by atoms with Crippen LogP contribution in [0, 0.1) is 0 Å². The van der Waals surface area contributed by atoms with E-state index in [0.717, 1.165) is 12.3 Å². The zero-order chi connectivity index (χ0) is 17.5. The summed E-state index contributed by atoms with van der Waals surface area (Å²) < 4.78 is 20.2. The van der Waals surface area contributed by atoms with Crippen LogP contribution >= 0.6 is 0 Å². The van der Waals surface area contributed by atoms with Crippen molar-refractivity contribution in [1.82, 2.24) is 0 Å². The molecular weight excluding hydrogens is 316 g/mol. The summed E-state index contributed by atoms with van der Waals surface area (Å²) in [6.45, 7) is -0.222. The summed E-state index contributed by atoms with van der Waals surface area (Å²) in [5.74, 6) is 0.188. The summed E-state index contributed by atoms with van der Waals surface area (Å²) in [6.07, 6.45) is 3.66. The van der Waals surface area contributed by atoms with Gasteiger partial charge in [-0.05, 0) is 23.8 Å². The van der Waals surface area contributed by atoms with Gasteiger partial charge in [-0.15, -0.1) is 0 Å². The second kappa shape index (κ2) is 7.87. The first kappa shape index (κ1) is 17.1. The monoisotopic (exact) mass is 332 g/mol. The van der Waals surface area contributed by atoms with E-state index in [1.54, 1.807) is 24.3 Å². The van der Waals surface area contributed by atoms with Crippen LogP contribution < -0.4 is 14.9 Å². The Bertz CT molecular complexity index is 783. The molecule has 1 N–H and O–H groups in total. The molecule has 126 valence electrons. The molecule has 7 heteroatoms. The zero-order valence-corrected chi connectivity index (χ0v) is 13.1. The fraction of sp³-hybridized carbons (Fsp3) is 0.176. The molecule has 0 fully saturated rings. The second-order valence-electron chi connectivity index (χ2n) is 4.68. The van der Waals surface area contributed by atoms with E-state index in [1.807, 2.05) is 0 Å². The van der Waals surface area contributed by atoms with Crippen LogP contribution in [0.15, 0.2) is 45.8 Å². The third kappa shape index (κ3) is 4.64. The van der Waals surface area contributed by atoms with Crippen molar-refractivity contribution in [2.75, 3.05) is 14.2 Å². The molecular formula is C17H16O7. The van der Waals surface area contributed by atoms with Crippen molar-refractivity contribution < 1.29 is 28.5 Å². The standard InChI is InChI=1S/C17H16O7/c1-21-12-5-11(6-13(7-12)22-2)3-4-17(20)24-9-14-8-15(18)16(19)10-23-14/h3-8,10,19H,9H2,1-2H3/b4-3+. The van der Waals surface area contributed by atoms with Crippen molar-refractivity contribution >= 4 is 12.0 Å². The Morgan fingerprint density at radius 2 is 1.83 bits per heavy atom. The van der Waals surface area contributed by atoms with Gasteiger partial charge >= 0.3 is 5.97 Å². The molecule has 0 saturated heterocycles. The molecule has 0 aliphatic carbocycles. The van der Waals surface area contributed by atoms with E-state index in [-0.39, 0.29) is 12.4 Å². The molecule has 1 aromatic carbocycles. The summed E-state index contributed by atoms with van der Waals surface area (Å²) in [5.41, 5.74) is 0.0885. The molecule has 0 spiro atoms. The lowest BCUT2D eigenvalue weighted by Crippen LogP contribution is -2.04. The van der Waals surface area contributed by atoms with Gasteiger partial charge in [0.25, 0.3) is 0 Å². The van der Waals surface area contributed by atoms with E-state index < -0.39 is 17.1 Å². The van der Waals surface area contributed by atoms with Crippen LogP contribution in [-0.4, -0.2) is 25.3 Å². The van der Waals surface area contributed by atoms with Crippen LogP contribution in [0.5, 0.6) is 17.2 Å². The molecule has 2 rings (SSSR count). The summed E-state index contributed by atoms with van der Waals surface area (Å²) >= 11 is 0. The number of methoxy groups -OCH3 is 2. The van der Waals surface area contributed by atoms with Crippen LogP contribution in [-0.2, 0) is 16.1 Å². The predicted molar refractivity (Wildman–Crippen MR) is 85.0 cm³/mol. The van der Waals surface area contributed by atoms with Crippen molar-refractivity contribution in [3.63, 3.8) is 0 Å². The lowest BCUT2D eigenvalue weighted by molar-refractivity contribution is -0.139. The summed E-state index contributed by atoms with van der Waals surface area (Å²) in [5, 5.41) is 9.07. The minimum Gasteiger partial charge on any atom is -0.502 e. The molecule has 2 aromatic rings. The average Bonchev–Trinajstić information content (AvgIpc) is 2.60. The van der Waals surface area contributed by atoms with Gasteiger partial charge in [0.15, 0.2) is 5.75 Å². The number of ether oxygens (including phenoxy) is 3. The Morgan fingerprint density at radius 1 is 1.17 bits per heavy atom. The highest BCUT2D eigenvalue weighted by molar-refractivity contribution is 5.87. The van der Waals surface area contributed by atoms with E-state index in [4.69, 9.17) is 23.7 Å². The van der Waals surface area contributed by atoms with Gasteiger partial charge < -0.3 is 23.7 Å². The van der Waals surface area contributed by atoms with Gasteiger partial charge in [-0.25, -0.2) is 4.79 Å². The van der Waals surface area contributed by atoms with E-state index in [0.29, 0.717) is 17.1 Å². The largest absolute Gasteiger partial charge is 0.502 e. The van der Waals surface area contributed by atoms with Gasteiger partial charge in [-0.1, -0.05) is 0 Å². The maximum absolute atomic E-state index is 11.7. The van der Waals surface area contributed by atoms with Crippen LogP contribution in [0.1, 0.15) is 11.3 Å². The van der Waals surface area contributed by atoms with Crippen LogP contribution in [0.2, 0.25) is 0 Å². The maximum Gasteiger partial charge on any atom is 0.331 e. The minimum absolute atomic E-state index is 0.127. The third-order valence-electron chi connectivity index (χ3n) is 3.01. The third-order valence-corrected chi connectivity index (χ3v) is 3.01. The normalized spacial score (nSPS) is 10.6. The molecule has 0 bridgehead atoms. The minimum atomic E-state index is -0.618. The topological polar surface area (TPSA) is 95.2 Å². The fourth-order valence-corrected chi connectivity index (χ4v) is 1.80. The lowest BCUT2D eigenvalue weighted by atomic mass is 10.2. The number of aromatic hydroxyl groups is 1. The highest BCUT2D eigenvalue weighted by atomic mass is 16.5. The van der Waals surface area contributed by atoms with Crippen molar-refractivity contribution in [2.24, 2.45) is 0 Å². The Hall–Kier alpha value is -3.22. The SMILES string of the molecule is COc1cc(/C=C/C(=O)OCc2cc(=O)c(O)co2)cc(OC)c1. The Labute approximate surface area is 137 Å². The maximum atomic E-state index is 11.7. The van der Waals surface area contributed by atoms with E-state index in [1.165, 1.54) is 20.3 Å². The summed E-state index contributed by atoms with van der Waals surface area (Å²) in [7, 11) is 3.06. The van der Waals surface area contributed by atoms with Crippen LogP contribution in [0.3, 0.4) is 0 Å². The molecule has 1 aromatic heterocycles. The zero-order valence-electron chi connectivity index (χ0n) is 13.1. The van der Waals surface area contributed by atoms with E-state index in [2.05, 4.69) is 0 Å². The lowest BCUT2D eigenvalue weighted by Gasteiger charge is -2.05. The molecule has 24 heavy (non-hydrogen) atoms. The summed E-state index contributed by atoms with van der Waals surface area (Å²) in [6, 6.07) is 6.22. The number of benzene rings is 1. The molecule has 0 aliphatic heterocycles. The molecule has 1 heterocycles. The first-order chi connectivity index (χ1) is 11.5. The number of hydrogen-bond acceptors (Lipinski definition) is 7. The van der Waals surface area contributed by atoms with Gasteiger partial charge in [0.2, 0.25) is 5.43 Å². The van der Waals surface area contributed by atoms with Gasteiger partial charge in [0, 0.05) is 18.2 Å². The first-order valence-corrected chi connectivity index (χ1v) is 6.90. The number of carbonyl (C=O) groups is 1. The molecule has 0 saturated carbocycles. The summed E-state index contributed by atoms with van der Waals surface area (Å²) in [4.78, 5) is 22.9. The smallest absolute Gasteiger partial charge is 0.331 e. The first-order valence-electron chi connectivity index (χ1n) is 6.90. The molecule has 0 unspecified atom stereocenters. The molecule has 0 radical (unpaired) electrons. The van der Waals surface area contributed by atoms with Gasteiger partial charge in [-0.3, -0.25) is 4.79 Å². The Kier molecular flexibility index (Phi) is 5.62. The quantitative estimate of drug-likeness (QED) is 0.639. The Balaban J connectivity index is 2.00. The fourth-order valence-electron chi connectivity index (χ4n) is 1.80. The highest BCUT2D eigenvalue weighted by Crippen LogP contribution is 2.23. The number of rotatable bonds is 6. The number of carbonyl (C=O) groups excluding carboxylic acids is 1. The van der Waals surface area contributed by atoms with Crippen molar-refractivity contribution in [3.05, 3.63) is 58.2 Å².